The summed E-state index contributed by atoms with van der Waals surface area (Å²) in [7, 11) is -2.04. The molecule has 0 saturated carbocycles. The molecule has 1 fully saturated rings. The van der Waals surface area contributed by atoms with E-state index in [9.17, 15) is 17.6 Å². The van der Waals surface area contributed by atoms with Crippen molar-refractivity contribution in [1.82, 2.24) is 23.6 Å². The van der Waals surface area contributed by atoms with Crippen molar-refractivity contribution in [2.24, 2.45) is 7.05 Å². The molecule has 1 aliphatic heterocycles. The average Bonchev–Trinajstić information content (AvgIpc) is 3.43. The highest BCUT2D eigenvalue weighted by molar-refractivity contribution is 7.89. The van der Waals surface area contributed by atoms with Crippen LogP contribution in [-0.2, 0) is 17.1 Å². The number of anilines is 1. The first-order chi connectivity index (χ1) is 13.9. The molecule has 3 heterocycles. The van der Waals surface area contributed by atoms with E-state index in [1.54, 1.807) is 7.05 Å². The number of halogens is 1. The van der Waals surface area contributed by atoms with Crippen LogP contribution in [-0.4, -0.2) is 51.1 Å². The van der Waals surface area contributed by atoms with Gasteiger partial charge in [0, 0.05) is 32.0 Å². The molecule has 11 heteroatoms. The Morgan fingerprint density at radius 3 is 2.62 bits per heavy atom. The SMILES string of the molecule is Cn1cc(S(=O)(=O)N2CCCC2)cc1C(=O)Nc1ccc(-n2cncn2)c(F)c1. The number of nitrogens with one attached hydrogen (secondary N) is 1. The molecule has 0 radical (unpaired) electrons. The lowest BCUT2D eigenvalue weighted by molar-refractivity contribution is 0.101. The highest BCUT2D eigenvalue weighted by atomic mass is 32.2. The Bertz CT molecular complexity index is 1150. The zero-order chi connectivity index (χ0) is 20.6. The van der Waals surface area contributed by atoms with Crippen molar-refractivity contribution in [1.29, 1.82) is 0 Å². The van der Waals surface area contributed by atoms with Gasteiger partial charge in [0.2, 0.25) is 10.0 Å². The standard InChI is InChI=1S/C18H19FN6O3S/c1-23-10-14(29(27,28)24-6-2-3-7-24)9-17(23)18(26)22-13-4-5-16(15(19)8-13)25-12-20-11-21-25/h4-5,8-12H,2-3,6-7H2,1H3,(H,22,26). The van der Waals surface area contributed by atoms with Crippen molar-refractivity contribution in [2.45, 2.75) is 17.7 Å². The maximum Gasteiger partial charge on any atom is 0.272 e. The van der Waals surface area contributed by atoms with Crippen molar-refractivity contribution in [3.63, 3.8) is 0 Å². The lowest BCUT2D eigenvalue weighted by atomic mass is 10.2. The molecule has 1 aromatic carbocycles. The van der Waals surface area contributed by atoms with Crippen LogP contribution in [0, 0.1) is 5.82 Å². The topological polar surface area (TPSA) is 102 Å². The molecular formula is C18H19FN6O3S. The zero-order valence-electron chi connectivity index (χ0n) is 15.6. The maximum absolute atomic E-state index is 14.3. The summed E-state index contributed by atoms with van der Waals surface area (Å²) in [5, 5.41) is 6.46. The molecule has 1 aliphatic rings. The molecule has 2 aromatic heterocycles. The Balaban J connectivity index is 1.55. The van der Waals surface area contributed by atoms with E-state index in [4.69, 9.17) is 0 Å². The van der Waals surface area contributed by atoms with E-state index in [1.807, 2.05) is 0 Å². The molecule has 9 nitrogen and oxygen atoms in total. The van der Waals surface area contributed by atoms with Crippen molar-refractivity contribution >= 4 is 21.6 Å². The van der Waals surface area contributed by atoms with Gasteiger partial charge in [0.25, 0.3) is 5.91 Å². The van der Waals surface area contributed by atoms with E-state index in [1.165, 1.54) is 56.7 Å². The second-order valence-electron chi connectivity index (χ2n) is 6.74. The van der Waals surface area contributed by atoms with Gasteiger partial charge in [-0.25, -0.2) is 22.5 Å². The Morgan fingerprint density at radius 1 is 1.21 bits per heavy atom. The van der Waals surface area contributed by atoms with E-state index in [0.29, 0.717) is 13.1 Å². The zero-order valence-corrected chi connectivity index (χ0v) is 16.4. The van der Waals surface area contributed by atoms with Gasteiger partial charge in [0.1, 0.15) is 28.9 Å². The molecular weight excluding hydrogens is 399 g/mol. The first kappa shape index (κ1) is 19.3. The summed E-state index contributed by atoms with van der Waals surface area (Å²) in [6.45, 7) is 0.965. The molecule has 29 heavy (non-hydrogen) atoms. The van der Waals surface area contributed by atoms with Crippen LogP contribution in [0.15, 0.2) is 48.0 Å². The molecule has 152 valence electrons. The third-order valence-electron chi connectivity index (χ3n) is 4.79. The van der Waals surface area contributed by atoms with Crippen LogP contribution in [0.4, 0.5) is 10.1 Å². The predicted octanol–water partition coefficient (Wildman–Crippen LogP) is 1.78. The summed E-state index contributed by atoms with van der Waals surface area (Å²) >= 11 is 0. The number of aryl methyl sites for hydroxylation is 1. The van der Waals surface area contributed by atoms with Crippen LogP contribution < -0.4 is 5.32 Å². The third-order valence-corrected chi connectivity index (χ3v) is 6.65. The van der Waals surface area contributed by atoms with Crippen molar-refractivity contribution in [3.05, 3.63) is 54.6 Å². The van der Waals surface area contributed by atoms with Gasteiger partial charge in [0.05, 0.1) is 0 Å². The Kier molecular flexibility index (Phi) is 4.92. The third kappa shape index (κ3) is 3.66. The van der Waals surface area contributed by atoms with Crippen LogP contribution in [0.25, 0.3) is 5.69 Å². The fourth-order valence-electron chi connectivity index (χ4n) is 3.28. The van der Waals surface area contributed by atoms with Gasteiger partial charge in [0.15, 0.2) is 5.82 Å². The number of aromatic nitrogens is 4. The minimum Gasteiger partial charge on any atom is -0.345 e. The van der Waals surface area contributed by atoms with Crippen LogP contribution in [0.2, 0.25) is 0 Å². The fourth-order valence-corrected chi connectivity index (χ4v) is 4.87. The predicted molar refractivity (Wildman–Crippen MR) is 103 cm³/mol. The normalized spacial score (nSPS) is 15.0. The molecule has 0 atom stereocenters. The van der Waals surface area contributed by atoms with Gasteiger partial charge in [-0.05, 0) is 37.1 Å². The molecule has 1 N–H and O–H groups in total. The van der Waals surface area contributed by atoms with E-state index >= 15 is 0 Å². The number of benzene rings is 1. The quantitative estimate of drug-likeness (QED) is 0.681. The second kappa shape index (κ2) is 7.41. The maximum atomic E-state index is 14.3. The van der Waals surface area contributed by atoms with Gasteiger partial charge in [-0.1, -0.05) is 0 Å². The number of amides is 1. The van der Waals surface area contributed by atoms with Crippen LogP contribution in [0.3, 0.4) is 0 Å². The lowest BCUT2D eigenvalue weighted by Gasteiger charge is -2.13. The molecule has 1 saturated heterocycles. The number of hydrogen-bond donors (Lipinski definition) is 1. The van der Waals surface area contributed by atoms with Gasteiger partial charge in [-0.3, -0.25) is 4.79 Å². The molecule has 1 amide bonds. The van der Waals surface area contributed by atoms with Gasteiger partial charge >= 0.3 is 0 Å². The van der Waals surface area contributed by atoms with Crippen LogP contribution in [0.1, 0.15) is 23.3 Å². The number of nitrogens with zero attached hydrogens (tertiary/aromatic N) is 5. The summed E-state index contributed by atoms with van der Waals surface area (Å²) in [5.74, 6) is -1.12. The van der Waals surface area contributed by atoms with Gasteiger partial charge in [-0.2, -0.15) is 9.40 Å². The van der Waals surface area contributed by atoms with E-state index in [0.717, 1.165) is 12.8 Å². The lowest BCUT2D eigenvalue weighted by Crippen LogP contribution is -2.27. The molecule has 3 aromatic rings. The number of hydrogen-bond acceptors (Lipinski definition) is 5. The minimum atomic E-state index is -3.63. The number of sulfonamides is 1. The monoisotopic (exact) mass is 418 g/mol. The number of rotatable bonds is 5. The summed E-state index contributed by atoms with van der Waals surface area (Å²) < 4.78 is 43.9. The van der Waals surface area contributed by atoms with Crippen molar-refractivity contribution < 1.29 is 17.6 Å². The molecule has 0 unspecified atom stereocenters. The van der Waals surface area contributed by atoms with E-state index in [-0.39, 0.29) is 22.0 Å². The smallest absolute Gasteiger partial charge is 0.272 e. The Hall–Kier alpha value is -3.05. The molecule has 4 rings (SSSR count). The van der Waals surface area contributed by atoms with Crippen molar-refractivity contribution in [3.8, 4) is 5.69 Å². The summed E-state index contributed by atoms with van der Waals surface area (Å²) in [6, 6.07) is 5.50. The molecule has 0 aliphatic carbocycles. The molecule has 0 spiro atoms. The Labute approximate surface area is 166 Å². The minimum absolute atomic E-state index is 0.0692. The van der Waals surface area contributed by atoms with Crippen LogP contribution in [0.5, 0.6) is 0 Å². The Morgan fingerprint density at radius 2 is 1.97 bits per heavy atom. The number of carbonyl (C=O) groups is 1. The largest absolute Gasteiger partial charge is 0.345 e. The van der Waals surface area contributed by atoms with E-state index in [2.05, 4.69) is 15.4 Å². The summed E-state index contributed by atoms with van der Waals surface area (Å²) in [4.78, 5) is 16.5. The van der Waals surface area contributed by atoms with Gasteiger partial charge in [-0.15, -0.1) is 0 Å². The highest BCUT2D eigenvalue weighted by Gasteiger charge is 2.29. The summed E-state index contributed by atoms with van der Waals surface area (Å²) in [6.07, 6.45) is 5.73. The first-order valence-electron chi connectivity index (χ1n) is 8.99. The van der Waals surface area contributed by atoms with Gasteiger partial charge < -0.3 is 9.88 Å². The van der Waals surface area contributed by atoms with Crippen LogP contribution >= 0.6 is 0 Å². The average molecular weight is 418 g/mol. The first-order valence-corrected chi connectivity index (χ1v) is 10.4. The van der Waals surface area contributed by atoms with Crippen molar-refractivity contribution in [2.75, 3.05) is 18.4 Å². The molecule has 0 bridgehead atoms. The number of carbonyl (C=O) groups excluding carboxylic acids is 1. The fraction of sp³-hybridized carbons (Fsp3) is 0.278. The second-order valence-corrected chi connectivity index (χ2v) is 8.68. The van der Waals surface area contributed by atoms with E-state index < -0.39 is 21.7 Å². The summed E-state index contributed by atoms with van der Waals surface area (Å²) in [5.41, 5.74) is 0.586. The highest BCUT2D eigenvalue weighted by Crippen LogP contribution is 2.23.